The van der Waals surface area contributed by atoms with Gasteiger partial charge in [0.25, 0.3) is 0 Å². The predicted octanol–water partition coefficient (Wildman–Crippen LogP) is 2.77. The summed E-state index contributed by atoms with van der Waals surface area (Å²) < 4.78 is 5.07. The number of hydrogen-bond acceptors (Lipinski definition) is 4. The molecule has 5 heteroatoms. The predicted molar refractivity (Wildman–Crippen MR) is 76.0 cm³/mol. The minimum absolute atomic E-state index is 0.134. The Hall–Kier alpha value is -1.36. The Bertz CT molecular complexity index is 524. The fourth-order valence-corrected chi connectivity index (χ4v) is 2.24. The molecule has 0 spiro atoms. The first-order chi connectivity index (χ1) is 9.10. The minimum Gasteiger partial charge on any atom is -0.361 e. The van der Waals surface area contributed by atoms with Gasteiger partial charge in [-0.3, -0.25) is 4.90 Å². The van der Waals surface area contributed by atoms with E-state index in [0.29, 0.717) is 13.1 Å². The molecule has 102 valence electrons. The van der Waals surface area contributed by atoms with Gasteiger partial charge in [0.05, 0.1) is 5.69 Å². The van der Waals surface area contributed by atoms with Crippen molar-refractivity contribution in [2.45, 2.75) is 19.5 Å². The van der Waals surface area contributed by atoms with Gasteiger partial charge < -0.3 is 10.3 Å². The molecule has 19 heavy (non-hydrogen) atoms. The van der Waals surface area contributed by atoms with E-state index in [9.17, 15) is 0 Å². The molecule has 2 N–H and O–H groups in total. The molecule has 0 amide bonds. The fourth-order valence-electron chi connectivity index (χ4n) is 2.11. The van der Waals surface area contributed by atoms with Crippen LogP contribution >= 0.6 is 11.6 Å². The van der Waals surface area contributed by atoms with Crippen molar-refractivity contribution in [3.8, 4) is 0 Å². The smallest absolute Gasteiger partial charge is 0.133 e. The Kier molecular flexibility index (Phi) is 4.58. The normalized spacial score (nSPS) is 12.9. The van der Waals surface area contributed by atoms with Crippen LogP contribution in [0, 0.1) is 6.92 Å². The Labute approximate surface area is 118 Å². The first-order valence-corrected chi connectivity index (χ1v) is 6.56. The SMILES string of the molecule is Cc1cc(CN(C)C(CN)c2ccc(Cl)cc2)no1. The van der Waals surface area contributed by atoms with Gasteiger partial charge in [0.15, 0.2) is 0 Å². The van der Waals surface area contributed by atoms with Crippen molar-refractivity contribution in [3.63, 3.8) is 0 Å². The van der Waals surface area contributed by atoms with Gasteiger partial charge in [-0.2, -0.15) is 0 Å². The van der Waals surface area contributed by atoms with Crippen molar-refractivity contribution < 1.29 is 4.52 Å². The number of nitrogens with zero attached hydrogens (tertiary/aromatic N) is 2. The molecule has 1 heterocycles. The molecule has 1 aromatic heterocycles. The van der Waals surface area contributed by atoms with Gasteiger partial charge in [-0.05, 0) is 31.7 Å². The number of hydrogen-bond donors (Lipinski definition) is 1. The van der Waals surface area contributed by atoms with Crippen molar-refractivity contribution in [2.75, 3.05) is 13.6 Å². The molecule has 0 saturated heterocycles. The summed E-state index contributed by atoms with van der Waals surface area (Å²) in [4.78, 5) is 2.15. The molecule has 4 nitrogen and oxygen atoms in total. The number of benzene rings is 1. The van der Waals surface area contributed by atoms with Crippen molar-refractivity contribution in [1.29, 1.82) is 0 Å². The Morgan fingerprint density at radius 1 is 1.37 bits per heavy atom. The number of likely N-dealkylation sites (N-methyl/N-ethyl adjacent to an activating group) is 1. The summed E-state index contributed by atoms with van der Waals surface area (Å²) in [5.41, 5.74) is 7.94. The number of aromatic nitrogens is 1. The second-order valence-corrected chi connectivity index (χ2v) is 5.08. The fraction of sp³-hybridized carbons (Fsp3) is 0.357. The van der Waals surface area contributed by atoms with Crippen LogP contribution in [0.15, 0.2) is 34.9 Å². The molecule has 2 rings (SSSR count). The van der Waals surface area contributed by atoms with E-state index in [-0.39, 0.29) is 6.04 Å². The van der Waals surface area contributed by atoms with E-state index < -0.39 is 0 Å². The molecule has 1 aromatic carbocycles. The quantitative estimate of drug-likeness (QED) is 0.914. The zero-order valence-corrected chi connectivity index (χ0v) is 11.9. The van der Waals surface area contributed by atoms with Crippen molar-refractivity contribution in [1.82, 2.24) is 10.1 Å². The van der Waals surface area contributed by atoms with E-state index in [2.05, 4.69) is 10.1 Å². The van der Waals surface area contributed by atoms with Gasteiger partial charge in [0.1, 0.15) is 5.76 Å². The maximum absolute atomic E-state index is 5.90. The highest BCUT2D eigenvalue weighted by Gasteiger charge is 2.16. The van der Waals surface area contributed by atoms with Gasteiger partial charge in [-0.25, -0.2) is 0 Å². The van der Waals surface area contributed by atoms with E-state index in [1.807, 2.05) is 44.3 Å². The van der Waals surface area contributed by atoms with Crippen molar-refractivity contribution >= 4 is 11.6 Å². The van der Waals surface area contributed by atoms with Gasteiger partial charge >= 0.3 is 0 Å². The average Bonchev–Trinajstić information content (AvgIpc) is 2.78. The Balaban J connectivity index is 2.10. The second-order valence-electron chi connectivity index (χ2n) is 4.65. The van der Waals surface area contributed by atoms with Gasteiger partial charge in [0, 0.05) is 30.2 Å². The van der Waals surface area contributed by atoms with Crippen LogP contribution in [0.2, 0.25) is 5.02 Å². The summed E-state index contributed by atoms with van der Waals surface area (Å²) in [6.07, 6.45) is 0. The lowest BCUT2D eigenvalue weighted by molar-refractivity contribution is 0.234. The average molecular weight is 280 g/mol. The summed E-state index contributed by atoms with van der Waals surface area (Å²) in [5, 5.41) is 4.73. The van der Waals surface area contributed by atoms with Crippen LogP contribution in [0.1, 0.15) is 23.1 Å². The van der Waals surface area contributed by atoms with E-state index in [4.69, 9.17) is 21.9 Å². The molecular weight excluding hydrogens is 262 g/mol. The summed E-state index contributed by atoms with van der Waals surface area (Å²) >= 11 is 5.90. The molecular formula is C14H18ClN3O. The number of nitrogens with two attached hydrogens (primary N) is 1. The van der Waals surface area contributed by atoms with E-state index in [0.717, 1.165) is 22.0 Å². The Morgan fingerprint density at radius 2 is 2.05 bits per heavy atom. The van der Waals surface area contributed by atoms with Crippen molar-refractivity contribution in [2.24, 2.45) is 5.73 Å². The molecule has 1 unspecified atom stereocenters. The molecule has 0 aliphatic rings. The minimum atomic E-state index is 0.134. The van der Waals surface area contributed by atoms with Crippen LogP contribution in [0.25, 0.3) is 0 Å². The van der Waals surface area contributed by atoms with E-state index >= 15 is 0 Å². The number of aryl methyl sites for hydroxylation is 1. The zero-order chi connectivity index (χ0) is 13.8. The summed E-state index contributed by atoms with van der Waals surface area (Å²) in [6.45, 7) is 3.12. The third kappa shape index (κ3) is 3.56. The van der Waals surface area contributed by atoms with E-state index in [1.54, 1.807) is 0 Å². The third-order valence-corrected chi connectivity index (χ3v) is 3.35. The topological polar surface area (TPSA) is 55.3 Å². The zero-order valence-electron chi connectivity index (χ0n) is 11.1. The van der Waals surface area contributed by atoms with Crippen LogP contribution in [0.5, 0.6) is 0 Å². The maximum Gasteiger partial charge on any atom is 0.133 e. The molecule has 0 saturated carbocycles. The highest BCUT2D eigenvalue weighted by atomic mass is 35.5. The Morgan fingerprint density at radius 3 is 2.58 bits per heavy atom. The molecule has 0 radical (unpaired) electrons. The molecule has 0 aliphatic carbocycles. The lowest BCUT2D eigenvalue weighted by Crippen LogP contribution is -2.30. The first-order valence-electron chi connectivity index (χ1n) is 6.18. The van der Waals surface area contributed by atoms with Gasteiger partial charge in [-0.15, -0.1) is 0 Å². The molecule has 0 bridgehead atoms. The van der Waals surface area contributed by atoms with Gasteiger partial charge in [-0.1, -0.05) is 28.9 Å². The summed E-state index contributed by atoms with van der Waals surface area (Å²) in [7, 11) is 2.02. The highest BCUT2D eigenvalue weighted by molar-refractivity contribution is 6.30. The van der Waals surface area contributed by atoms with Crippen LogP contribution in [0.4, 0.5) is 0 Å². The summed E-state index contributed by atoms with van der Waals surface area (Å²) in [6, 6.07) is 9.84. The van der Waals surface area contributed by atoms with Crippen LogP contribution in [-0.4, -0.2) is 23.6 Å². The number of rotatable bonds is 5. The lowest BCUT2D eigenvalue weighted by Gasteiger charge is -2.26. The van der Waals surface area contributed by atoms with Crippen molar-refractivity contribution in [3.05, 3.63) is 52.4 Å². The maximum atomic E-state index is 5.90. The van der Waals surface area contributed by atoms with Crippen LogP contribution in [-0.2, 0) is 6.54 Å². The standard InChI is InChI=1S/C14H18ClN3O/c1-10-7-13(17-19-10)9-18(2)14(8-16)11-3-5-12(15)6-4-11/h3-7,14H,8-9,16H2,1-2H3. The lowest BCUT2D eigenvalue weighted by atomic mass is 10.1. The number of halogens is 1. The highest BCUT2D eigenvalue weighted by Crippen LogP contribution is 2.22. The third-order valence-electron chi connectivity index (χ3n) is 3.10. The second kappa shape index (κ2) is 6.19. The van der Waals surface area contributed by atoms with E-state index in [1.165, 1.54) is 0 Å². The summed E-state index contributed by atoms with van der Waals surface area (Å²) in [5.74, 6) is 0.819. The molecule has 2 aromatic rings. The molecule has 0 fully saturated rings. The largest absolute Gasteiger partial charge is 0.361 e. The van der Waals surface area contributed by atoms with Crippen LogP contribution < -0.4 is 5.73 Å². The first kappa shape index (κ1) is 14.1. The monoisotopic (exact) mass is 279 g/mol. The molecule has 0 aliphatic heterocycles. The molecule has 1 atom stereocenters. The van der Waals surface area contributed by atoms with Crippen LogP contribution in [0.3, 0.4) is 0 Å². The van der Waals surface area contributed by atoms with Gasteiger partial charge in [0.2, 0.25) is 0 Å².